The van der Waals surface area contributed by atoms with Gasteiger partial charge in [-0.3, -0.25) is 9.59 Å². The van der Waals surface area contributed by atoms with E-state index in [4.69, 9.17) is 4.74 Å². The first kappa shape index (κ1) is 20.1. The Labute approximate surface area is 165 Å². The van der Waals surface area contributed by atoms with Crippen LogP contribution < -0.4 is 10.2 Å². The molecule has 7 heteroatoms. The van der Waals surface area contributed by atoms with Crippen LogP contribution in [0.5, 0.6) is 0 Å². The maximum atomic E-state index is 13.3. The molecule has 0 aliphatic carbocycles. The number of benzene rings is 1. The first-order valence-electron chi connectivity index (χ1n) is 9.81. The van der Waals surface area contributed by atoms with E-state index >= 15 is 0 Å². The minimum absolute atomic E-state index is 0.0822. The van der Waals surface area contributed by atoms with Gasteiger partial charge in [0.1, 0.15) is 6.04 Å². The van der Waals surface area contributed by atoms with Crippen LogP contribution in [0.2, 0.25) is 0 Å². The van der Waals surface area contributed by atoms with E-state index < -0.39 is 6.04 Å². The molecular weight excluding hydrogens is 356 g/mol. The van der Waals surface area contributed by atoms with Crippen molar-refractivity contribution in [3.8, 4) is 0 Å². The number of ether oxygens (including phenoxy) is 1. The molecule has 0 saturated heterocycles. The summed E-state index contributed by atoms with van der Waals surface area (Å²) < 4.78 is 7.19. The lowest BCUT2D eigenvalue weighted by Gasteiger charge is -2.24. The molecule has 1 aliphatic heterocycles. The van der Waals surface area contributed by atoms with Gasteiger partial charge in [-0.15, -0.1) is 0 Å². The van der Waals surface area contributed by atoms with Crippen LogP contribution in [0.1, 0.15) is 38.3 Å². The van der Waals surface area contributed by atoms with E-state index in [0.29, 0.717) is 19.7 Å². The van der Waals surface area contributed by atoms with E-state index in [1.807, 2.05) is 38.1 Å². The van der Waals surface area contributed by atoms with Gasteiger partial charge in [0.15, 0.2) is 0 Å². The fraction of sp³-hybridized carbons (Fsp3) is 0.476. The van der Waals surface area contributed by atoms with Crippen molar-refractivity contribution in [3.05, 3.63) is 48.5 Å². The summed E-state index contributed by atoms with van der Waals surface area (Å²) in [7, 11) is 0. The number of fused-ring (bicyclic) bond motifs is 1. The Kier molecular flexibility index (Phi) is 6.81. The summed E-state index contributed by atoms with van der Waals surface area (Å²) >= 11 is 0. The number of amides is 2. The Bertz CT molecular complexity index is 789. The summed E-state index contributed by atoms with van der Waals surface area (Å²) in [5.41, 5.74) is 2.10. The third kappa shape index (κ3) is 4.98. The summed E-state index contributed by atoms with van der Waals surface area (Å²) in [4.78, 5) is 31.6. The number of hydrogen-bond donors (Lipinski definition) is 1. The molecule has 1 aromatic carbocycles. The standard InChI is InChI=1S/C21H28N4O3/c1-16(2)28-13-5-9-23-20(26)14-19(24-12-10-22-15-24)21(27)25-11-8-17-6-3-4-7-18(17)25/h3-4,6-7,10,12,15-16,19H,5,8-9,11,13-14H2,1-2H3,(H,23,26)/t19-/m1/s1. The van der Waals surface area contributed by atoms with Gasteiger partial charge >= 0.3 is 0 Å². The molecule has 1 N–H and O–H groups in total. The Morgan fingerprint density at radius 3 is 2.86 bits per heavy atom. The van der Waals surface area contributed by atoms with Crippen molar-refractivity contribution in [1.82, 2.24) is 14.9 Å². The van der Waals surface area contributed by atoms with Gasteiger partial charge in [0.25, 0.3) is 5.91 Å². The predicted octanol–water partition coefficient (Wildman–Crippen LogP) is 2.33. The van der Waals surface area contributed by atoms with Crippen molar-refractivity contribution in [3.63, 3.8) is 0 Å². The second-order valence-corrected chi connectivity index (χ2v) is 7.22. The molecular formula is C21H28N4O3. The van der Waals surface area contributed by atoms with Crippen molar-refractivity contribution < 1.29 is 14.3 Å². The van der Waals surface area contributed by atoms with E-state index in [0.717, 1.165) is 24.1 Å². The van der Waals surface area contributed by atoms with E-state index in [-0.39, 0.29) is 24.3 Å². The molecule has 28 heavy (non-hydrogen) atoms. The van der Waals surface area contributed by atoms with Gasteiger partial charge in [-0.2, -0.15) is 0 Å². The zero-order valence-electron chi connectivity index (χ0n) is 16.5. The summed E-state index contributed by atoms with van der Waals surface area (Å²) in [6.07, 6.45) is 6.79. The molecule has 0 fully saturated rings. The average Bonchev–Trinajstić information content (AvgIpc) is 3.35. The summed E-state index contributed by atoms with van der Waals surface area (Å²) in [5.74, 6) is -0.231. The van der Waals surface area contributed by atoms with Crippen LogP contribution >= 0.6 is 0 Å². The van der Waals surface area contributed by atoms with Gasteiger partial charge in [0.05, 0.1) is 18.9 Å². The lowest BCUT2D eigenvalue weighted by molar-refractivity contribution is -0.128. The van der Waals surface area contributed by atoms with Gasteiger partial charge in [0, 0.05) is 37.8 Å². The molecule has 0 unspecified atom stereocenters. The van der Waals surface area contributed by atoms with Crippen LogP contribution in [0.3, 0.4) is 0 Å². The fourth-order valence-electron chi connectivity index (χ4n) is 3.39. The number of carbonyl (C=O) groups excluding carboxylic acids is 2. The molecule has 0 radical (unpaired) electrons. The predicted molar refractivity (Wildman–Crippen MR) is 107 cm³/mol. The summed E-state index contributed by atoms with van der Waals surface area (Å²) in [5, 5.41) is 2.89. The molecule has 2 aromatic rings. The SMILES string of the molecule is CC(C)OCCCNC(=O)C[C@H](C(=O)N1CCc2ccccc21)n1ccnc1. The monoisotopic (exact) mass is 384 g/mol. The van der Waals surface area contributed by atoms with Crippen molar-refractivity contribution >= 4 is 17.5 Å². The maximum absolute atomic E-state index is 13.3. The molecule has 0 spiro atoms. The van der Waals surface area contributed by atoms with Crippen LogP contribution in [0.15, 0.2) is 43.0 Å². The lowest BCUT2D eigenvalue weighted by atomic mass is 10.1. The van der Waals surface area contributed by atoms with Crippen LogP contribution in [-0.4, -0.2) is 47.2 Å². The fourth-order valence-corrected chi connectivity index (χ4v) is 3.39. The van der Waals surface area contributed by atoms with Crippen molar-refractivity contribution in [2.24, 2.45) is 0 Å². The largest absolute Gasteiger partial charge is 0.379 e. The number of nitrogens with zero attached hydrogens (tertiary/aromatic N) is 3. The lowest BCUT2D eigenvalue weighted by Crippen LogP contribution is -2.39. The van der Waals surface area contributed by atoms with Crippen molar-refractivity contribution in [1.29, 1.82) is 0 Å². The number of para-hydroxylation sites is 1. The number of aromatic nitrogens is 2. The zero-order chi connectivity index (χ0) is 19.9. The second kappa shape index (κ2) is 9.50. The van der Waals surface area contributed by atoms with E-state index in [1.54, 1.807) is 28.2 Å². The first-order chi connectivity index (χ1) is 13.6. The highest BCUT2D eigenvalue weighted by atomic mass is 16.5. The Balaban J connectivity index is 1.62. The quantitative estimate of drug-likeness (QED) is 0.673. The van der Waals surface area contributed by atoms with Crippen LogP contribution in [0.4, 0.5) is 5.69 Å². The Hall–Kier alpha value is -2.67. The van der Waals surface area contributed by atoms with E-state index in [1.165, 1.54) is 0 Å². The number of hydrogen-bond acceptors (Lipinski definition) is 4. The molecule has 1 aromatic heterocycles. The minimum Gasteiger partial charge on any atom is -0.379 e. The molecule has 2 heterocycles. The van der Waals surface area contributed by atoms with Crippen molar-refractivity contribution in [2.75, 3.05) is 24.6 Å². The van der Waals surface area contributed by atoms with Gasteiger partial charge < -0.3 is 19.5 Å². The third-order valence-electron chi connectivity index (χ3n) is 4.80. The molecule has 2 amide bonds. The normalized spacial score (nSPS) is 14.2. The van der Waals surface area contributed by atoms with Gasteiger partial charge in [0.2, 0.25) is 5.91 Å². The van der Waals surface area contributed by atoms with E-state index in [9.17, 15) is 9.59 Å². The minimum atomic E-state index is -0.611. The number of carbonyl (C=O) groups is 2. The maximum Gasteiger partial charge on any atom is 0.250 e. The average molecular weight is 384 g/mol. The molecule has 0 saturated carbocycles. The smallest absolute Gasteiger partial charge is 0.250 e. The van der Waals surface area contributed by atoms with Crippen LogP contribution in [-0.2, 0) is 20.7 Å². The van der Waals surface area contributed by atoms with Gasteiger partial charge in [-0.25, -0.2) is 4.98 Å². The van der Waals surface area contributed by atoms with Crippen molar-refractivity contribution in [2.45, 2.75) is 45.3 Å². The van der Waals surface area contributed by atoms with E-state index in [2.05, 4.69) is 10.3 Å². The summed E-state index contributed by atoms with van der Waals surface area (Å²) in [6, 6.07) is 7.31. The number of rotatable bonds is 9. The first-order valence-corrected chi connectivity index (χ1v) is 9.81. The number of anilines is 1. The van der Waals surface area contributed by atoms with Gasteiger partial charge in [-0.05, 0) is 38.3 Å². The number of nitrogens with one attached hydrogen (secondary N) is 1. The molecule has 1 aliphatic rings. The highest BCUT2D eigenvalue weighted by Gasteiger charge is 2.32. The molecule has 0 bridgehead atoms. The summed E-state index contributed by atoms with van der Waals surface area (Å²) in [6.45, 7) is 5.74. The molecule has 7 nitrogen and oxygen atoms in total. The number of imidazole rings is 1. The second-order valence-electron chi connectivity index (χ2n) is 7.22. The van der Waals surface area contributed by atoms with Gasteiger partial charge in [-0.1, -0.05) is 18.2 Å². The van der Waals surface area contributed by atoms with Crippen LogP contribution in [0, 0.1) is 0 Å². The topological polar surface area (TPSA) is 76.5 Å². The zero-order valence-corrected chi connectivity index (χ0v) is 16.5. The molecule has 150 valence electrons. The third-order valence-corrected chi connectivity index (χ3v) is 4.80. The highest BCUT2D eigenvalue weighted by molar-refractivity contribution is 6.00. The molecule has 1 atom stereocenters. The Morgan fingerprint density at radius 1 is 1.29 bits per heavy atom. The molecule has 3 rings (SSSR count). The Morgan fingerprint density at radius 2 is 2.11 bits per heavy atom. The van der Waals surface area contributed by atoms with Crippen LogP contribution in [0.25, 0.3) is 0 Å². The highest BCUT2D eigenvalue weighted by Crippen LogP contribution is 2.30.